The smallest absolute Gasteiger partial charge is 0.264 e. The zero-order chi connectivity index (χ0) is 48.6. The van der Waals surface area contributed by atoms with Gasteiger partial charge >= 0.3 is 0 Å². The normalized spacial score (nSPS) is 24.6. The van der Waals surface area contributed by atoms with Crippen molar-refractivity contribution in [3.8, 4) is 0 Å². The van der Waals surface area contributed by atoms with Crippen LogP contribution in [0, 0.1) is 11.8 Å². The Hall–Kier alpha value is -0.466. The van der Waals surface area contributed by atoms with Crippen LogP contribution in [0.2, 0.25) is 36.3 Å². The van der Waals surface area contributed by atoms with E-state index in [0.29, 0.717) is 61.0 Å². The molecule has 8 atom stereocenters. The van der Waals surface area contributed by atoms with Gasteiger partial charge in [-0.15, -0.1) is 23.5 Å². The molecule has 15 heteroatoms. The molecule has 1 unspecified atom stereocenters. The van der Waals surface area contributed by atoms with E-state index in [0.717, 1.165) is 48.6 Å². The molecule has 0 saturated carbocycles. The number of thioether (sulfide) groups is 2. The van der Waals surface area contributed by atoms with Gasteiger partial charge in [-0.05, 0) is 148 Å². The van der Waals surface area contributed by atoms with Crippen LogP contribution in [0.25, 0.3) is 0 Å². The molecular weight excluding hydrogens is 929 g/mol. The maximum absolute atomic E-state index is 14.1. The molecule has 4 rings (SSSR count). The minimum atomic E-state index is -3.71. The van der Waals surface area contributed by atoms with Gasteiger partial charge in [0.2, 0.25) is 0 Å². The van der Waals surface area contributed by atoms with Crippen molar-refractivity contribution in [2.75, 3.05) is 30.1 Å². The van der Waals surface area contributed by atoms with Crippen LogP contribution in [-0.4, -0.2) is 105 Å². The zero-order valence-corrected chi connectivity index (χ0v) is 47.8. The predicted octanol–water partition coefficient (Wildman–Crippen LogP) is 12.8. The summed E-state index contributed by atoms with van der Waals surface area (Å²) in [6, 6.07) is 7.28. The van der Waals surface area contributed by atoms with Gasteiger partial charge in [0.1, 0.15) is 0 Å². The number of sulfone groups is 1. The molecule has 3 fully saturated rings. The number of hydrogen-bond acceptors (Lipinski definition) is 11. The van der Waals surface area contributed by atoms with Crippen LogP contribution in [0.5, 0.6) is 0 Å². The number of ether oxygens (including phenoxy) is 2. The number of hydrogen-bond donors (Lipinski definition) is 0. The molecule has 3 aliphatic heterocycles. The first-order chi connectivity index (χ1) is 30.0. The van der Waals surface area contributed by atoms with Gasteiger partial charge in [0, 0.05) is 12.3 Å². The van der Waals surface area contributed by atoms with Gasteiger partial charge in [0.15, 0.2) is 26.5 Å². The van der Waals surface area contributed by atoms with Crippen LogP contribution in [-0.2, 0) is 48.9 Å². The number of aryl methyl sites for hydroxylation is 1. The first-order valence-electron chi connectivity index (χ1n) is 24.4. The van der Waals surface area contributed by atoms with Crippen LogP contribution >= 0.6 is 23.5 Å². The maximum atomic E-state index is 14.1. The first-order valence-corrected chi connectivity index (χ1v) is 35.8. The Morgan fingerprint density at radius 1 is 0.877 bits per heavy atom. The molecule has 65 heavy (non-hydrogen) atoms. The molecule has 1 aromatic rings. The monoisotopic (exact) mass is 1020 g/mol. The van der Waals surface area contributed by atoms with E-state index in [2.05, 4.69) is 118 Å². The lowest BCUT2D eigenvalue weighted by Gasteiger charge is -2.42. The van der Waals surface area contributed by atoms with Gasteiger partial charge in [0.05, 0.1) is 64.7 Å². The highest BCUT2D eigenvalue weighted by Gasteiger charge is 2.44. The molecule has 0 spiro atoms. The lowest BCUT2D eigenvalue weighted by molar-refractivity contribution is -0.00363. The second kappa shape index (κ2) is 24.1. The van der Waals surface area contributed by atoms with Crippen LogP contribution < -0.4 is 0 Å². The van der Waals surface area contributed by atoms with E-state index >= 15 is 0 Å². The van der Waals surface area contributed by atoms with Crippen molar-refractivity contribution in [2.24, 2.45) is 11.8 Å². The summed E-state index contributed by atoms with van der Waals surface area (Å²) in [6.07, 6.45) is 9.19. The van der Waals surface area contributed by atoms with Crippen molar-refractivity contribution in [1.29, 1.82) is 0 Å². The topological polar surface area (TPSA) is 114 Å². The highest BCUT2D eigenvalue weighted by atomic mass is 32.2. The molecule has 0 amide bonds. The van der Waals surface area contributed by atoms with E-state index in [1.165, 1.54) is 17.9 Å². The molecule has 9 nitrogen and oxygen atoms in total. The van der Waals surface area contributed by atoms with Crippen molar-refractivity contribution < 1.29 is 39.3 Å². The van der Waals surface area contributed by atoms with Gasteiger partial charge in [-0.1, -0.05) is 86.3 Å². The molecule has 3 heterocycles. The Morgan fingerprint density at radius 2 is 1.51 bits per heavy atom. The van der Waals surface area contributed by atoms with Crippen LogP contribution in [0.4, 0.5) is 0 Å². The van der Waals surface area contributed by atoms with Crippen LogP contribution in [0.1, 0.15) is 132 Å². The lowest BCUT2D eigenvalue weighted by Crippen LogP contribution is -2.48. The minimum Gasteiger partial charge on any atom is -0.414 e. The summed E-state index contributed by atoms with van der Waals surface area (Å²) in [5.41, 5.74) is 3.15. The van der Waals surface area contributed by atoms with Gasteiger partial charge in [-0.25, -0.2) is 8.42 Å². The number of benzene rings is 1. The molecule has 3 aliphatic rings. The Bertz CT molecular complexity index is 1900. The first kappa shape index (κ1) is 57.1. The average Bonchev–Trinajstić information content (AvgIpc) is 3.76. The SMILES string of the molecule is C=C1C[C@H](CCC2SCCCS2)O[C@H]1CC[C@H](C[C@H](C)C(=C)CC[C@@H]1O[C@H](CC(CO[Si](C)(C)C(C)(C)C)O[Si](C)(C)C(C)(C)C)C[C@H]1CS(=O)(=O)c1ccc(CC)cc1)OS(C)(=O)=O. The van der Waals surface area contributed by atoms with Gasteiger partial charge in [0.25, 0.3) is 10.1 Å². The number of rotatable bonds is 25. The number of allylic oxidation sites excluding steroid dienone is 1. The van der Waals surface area contributed by atoms with Crippen molar-refractivity contribution in [3.05, 3.63) is 54.1 Å². The molecule has 1 aromatic carbocycles. The van der Waals surface area contributed by atoms with E-state index in [1.807, 2.05) is 12.1 Å². The molecule has 0 radical (unpaired) electrons. The highest BCUT2D eigenvalue weighted by Crippen LogP contribution is 2.42. The summed E-state index contributed by atoms with van der Waals surface area (Å²) in [5.74, 6) is 2.20. The van der Waals surface area contributed by atoms with Crippen molar-refractivity contribution >= 4 is 60.1 Å². The van der Waals surface area contributed by atoms with Gasteiger partial charge in [-0.2, -0.15) is 8.42 Å². The Labute approximate surface area is 407 Å². The Morgan fingerprint density at radius 3 is 2.09 bits per heavy atom. The maximum Gasteiger partial charge on any atom is 0.264 e. The summed E-state index contributed by atoms with van der Waals surface area (Å²) in [7, 11) is -11.6. The van der Waals surface area contributed by atoms with E-state index in [1.54, 1.807) is 12.1 Å². The highest BCUT2D eigenvalue weighted by molar-refractivity contribution is 8.17. The van der Waals surface area contributed by atoms with E-state index < -0.39 is 42.7 Å². The molecule has 0 bridgehead atoms. The van der Waals surface area contributed by atoms with E-state index in [4.69, 9.17) is 22.5 Å². The summed E-state index contributed by atoms with van der Waals surface area (Å²) >= 11 is 4.12. The third-order valence-corrected chi connectivity index (χ3v) is 29.5. The van der Waals surface area contributed by atoms with Gasteiger partial charge < -0.3 is 18.3 Å². The summed E-state index contributed by atoms with van der Waals surface area (Å²) < 4.78 is 86.8. The molecule has 374 valence electrons. The van der Waals surface area contributed by atoms with E-state index in [9.17, 15) is 16.8 Å². The molecular formula is C50H88O9S4Si2. The summed E-state index contributed by atoms with van der Waals surface area (Å²) in [6.45, 7) is 36.0. The molecule has 0 aliphatic carbocycles. The van der Waals surface area contributed by atoms with Gasteiger partial charge in [-0.3, -0.25) is 4.18 Å². The molecule has 0 N–H and O–H groups in total. The summed E-state index contributed by atoms with van der Waals surface area (Å²) in [5, 5.41) is 0.0479. The zero-order valence-electron chi connectivity index (χ0n) is 42.5. The standard InChI is InChI=1S/C50H88O9S4Si2/c1-16-39-19-23-45(24-20-39)63(53,54)35-40-32-43(33-44(59-65(14,15)50(8,9)10)34-55-64(12,13)49(5,6)7)57-47(40)25-18-36(2)37(3)30-42(58-62(11,51)52)21-26-46-38(4)31-41(56-46)22-27-48-60-28-17-29-61-48/h19-20,23-24,37,40-44,46-48H,2,4,16-18,21-22,25-35H2,1,3,5-15H3/t37-,40-,41-,42+,43-,44?,46-,47-/m0/s1. The fourth-order valence-electron chi connectivity index (χ4n) is 8.59. The van der Waals surface area contributed by atoms with Crippen molar-refractivity contribution in [3.63, 3.8) is 0 Å². The third kappa shape index (κ3) is 18.0. The minimum absolute atomic E-state index is 0.00210. The van der Waals surface area contributed by atoms with Crippen LogP contribution in [0.3, 0.4) is 0 Å². The second-order valence-corrected chi connectivity index (χ2v) is 38.5. The average molecular weight is 1020 g/mol. The van der Waals surface area contributed by atoms with Crippen LogP contribution in [0.15, 0.2) is 53.5 Å². The second-order valence-electron chi connectivity index (χ2n) is 22.4. The predicted molar refractivity (Wildman–Crippen MR) is 281 cm³/mol. The summed E-state index contributed by atoms with van der Waals surface area (Å²) in [4.78, 5) is 0.341. The molecule has 3 saturated heterocycles. The fourth-order valence-corrected chi connectivity index (χ4v) is 16.2. The largest absolute Gasteiger partial charge is 0.414 e. The van der Waals surface area contributed by atoms with Crippen molar-refractivity contribution in [1.82, 2.24) is 0 Å². The van der Waals surface area contributed by atoms with Crippen molar-refractivity contribution in [2.45, 2.75) is 215 Å². The lowest BCUT2D eigenvalue weighted by atomic mass is 9.88. The third-order valence-electron chi connectivity index (χ3n) is 14.9. The fraction of sp³-hybridized carbons (Fsp3) is 0.800. The molecule has 0 aromatic heterocycles. The Balaban J connectivity index is 1.45. The quantitative estimate of drug-likeness (QED) is 0.0530. The Kier molecular flexibility index (Phi) is 21.2. The van der Waals surface area contributed by atoms with E-state index in [-0.39, 0.29) is 58.2 Å².